The lowest BCUT2D eigenvalue weighted by atomic mass is 10.0. The second-order valence-corrected chi connectivity index (χ2v) is 8.01. The monoisotopic (exact) mass is 465 g/mol. The molecule has 3 atom stereocenters. The van der Waals surface area contributed by atoms with Gasteiger partial charge < -0.3 is 15.5 Å². The number of likely N-dealkylation sites (tertiary alicyclic amines) is 2. The van der Waals surface area contributed by atoms with Crippen molar-refractivity contribution in [2.75, 3.05) is 39.8 Å². The van der Waals surface area contributed by atoms with Crippen LogP contribution in [-0.2, 0) is 0 Å². The summed E-state index contributed by atoms with van der Waals surface area (Å²) < 4.78 is 0. The molecule has 0 bridgehead atoms. The van der Waals surface area contributed by atoms with Crippen molar-refractivity contribution >= 4 is 29.9 Å². The van der Waals surface area contributed by atoms with E-state index in [0.717, 1.165) is 25.1 Å². The third-order valence-corrected chi connectivity index (χ3v) is 5.77. The summed E-state index contributed by atoms with van der Waals surface area (Å²) in [5, 5.41) is 7.14. The summed E-state index contributed by atoms with van der Waals surface area (Å²) >= 11 is 0. The zero-order chi connectivity index (χ0) is 17.5. The van der Waals surface area contributed by atoms with Gasteiger partial charge in [0, 0.05) is 51.4 Å². The van der Waals surface area contributed by atoms with Crippen LogP contribution >= 0.6 is 24.0 Å². The van der Waals surface area contributed by atoms with Crippen LogP contribution < -0.4 is 10.6 Å². The first-order chi connectivity index (χ1) is 11.5. The molecule has 2 aliphatic rings. The Morgan fingerprint density at radius 3 is 2.56 bits per heavy atom. The summed E-state index contributed by atoms with van der Waals surface area (Å²) in [5.74, 6) is 1.63. The van der Waals surface area contributed by atoms with E-state index in [1.165, 1.54) is 45.3 Å². The first-order valence-electron chi connectivity index (χ1n) is 9.96. The van der Waals surface area contributed by atoms with Gasteiger partial charge in [-0.15, -0.1) is 24.0 Å². The van der Waals surface area contributed by atoms with E-state index < -0.39 is 0 Å². The largest absolute Gasteiger partial charge is 0.356 e. The molecule has 0 amide bonds. The van der Waals surface area contributed by atoms with Gasteiger partial charge in [0.25, 0.3) is 0 Å². The number of aliphatic imine (C=N–C) groups is 1. The van der Waals surface area contributed by atoms with Gasteiger partial charge in [-0.2, -0.15) is 0 Å². The fraction of sp³-hybridized carbons (Fsp3) is 0.947. The molecule has 2 N–H and O–H groups in total. The quantitative estimate of drug-likeness (QED) is 0.274. The number of piperidine rings is 1. The maximum absolute atomic E-state index is 4.42. The Balaban J connectivity index is 0.00000312. The van der Waals surface area contributed by atoms with Crippen LogP contribution in [0.2, 0.25) is 0 Å². The Kier molecular flexibility index (Phi) is 10.6. The van der Waals surface area contributed by atoms with Gasteiger partial charge in [-0.05, 0) is 52.5 Å². The van der Waals surface area contributed by atoms with Crippen molar-refractivity contribution in [3.8, 4) is 0 Å². The maximum atomic E-state index is 4.42. The fourth-order valence-electron chi connectivity index (χ4n) is 3.96. The Labute approximate surface area is 172 Å². The molecule has 0 saturated carbocycles. The van der Waals surface area contributed by atoms with Crippen LogP contribution in [0.5, 0.6) is 0 Å². The molecule has 2 saturated heterocycles. The minimum Gasteiger partial charge on any atom is -0.356 e. The molecule has 2 heterocycles. The minimum atomic E-state index is 0. The predicted molar refractivity (Wildman–Crippen MR) is 119 cm³/mol. The lowest BCUT2D eigenvalue weighted by Crippen LogP contribution is -2.47. The van der Waals surface area contributed by atoms with E-state index in [1.54, 1.807) is 0 Å². The van der Waals surface area contributed by atoms with E-state index in [2.05, 4.69) is 53.1 Å². The number of nitrogens with one attached hydrogen (secondary N) is 2. The molecule has 3 unspecified atom stereocenters. The smallest absolute Gasteiger partial charge is 0.191 e. The Hall–Kier alpha value is -0.0800. The summed E-state index contributed by atoms with van der Waals surface area (Å²) in [6, 6.07) is 1.89. The van der Waals surface area contributed by atoms with Gasteiger partial charge in [0.15, 0.2) is 5.96 Å². The van der Waals surface area contributed by atoms with Gasteiger partial charge in [0.05, 0.1) is 0 Å². The van der Waals surface area contributed by atoms with Crippen molar-refractivity contribution < 1.29 is 0 Å². The molecule has 0 aromatic carbocycles. The number of rotatable bonds is 6. The van der Waals surface area contributed by atoms with Crippen molar-refractivity contribution in [2.45, 2.75) is 71.5 Å². The van der Waals surface area contributed by atoms with Crippen LogP contribution in [0, 0.1) is 5.92 Å². The highest BCUT2D eigenvalue weighted by molar-refractivity contribution is 14.0. The van der Waals surface area contributed by atoms with E-state index >= 15 is 0 Å². The van der Waals surface area contributed by atoms with Crippen LogP contribution in [0.1, 0.15) is 53.4 Å². The SMILES string of the molecule is CN=C(NCCCN1CCCCC1C)NC1CN(C(C)C)CC1C.I. The summed E-state index contributed by atoms with van der Waals surface area (Å²) in [5.41, 5.74) is 0. The van der Waals surface area contributed by atoms with Gasteiger partial charge in [-0.25, -0.2) is 0 Å². The van der Waals surface area contributed by atoms with Crippen LogP contribution in [0.3, 0.4) is 0 Å². The van der Waals surface area contributed by atoms with Crippen molar-refractivity contribution in [1.29, 1.82) is 0 Å². The molecule has 2 fully saturated rings. The van der Waals surface area contributed by atoms with Crippen molar-refractivity contribution in [3.05, 3.63) is 0 Å². The van der Waals surface area contributed by atoms with E-state index in [1.807, 2.05) is 7.05 Å². The number of halogens is 1. The lowest BCUT2D eigenvalue weighted by Gasteiger charge is -2.33. The molecule has 25 heavy (non-hydrogen) atoms. The Bertz CT molecular complexity index is 401. The number of hydrogen-bond donors (Lipinski definition) is 2. The van der Waals surface area contributed by atoms with Crippen LogP contribution in [0.15, 0.2) is 4.99 Å². The van der Waals surface area contributed by atoms with Gasteiger partial charge in [0.1, 0.15) is 0 Å². The first kappa shape index (κ1) is 23.0. The Morgan fingerprint density at radius 1 is 1.20 bits per heavy atom. The summed E-state index contributed by atoms with van der Waals surface area (Å²) in [6.07, 6.45) is 5.32. The highest BCUT2D eigenvalue weighted by Gasteiger charge is 2.31. The van der Waals surface area contributed by atoms with E-state index in [-0.39, 0.29) is 24.0 Å². The zero-order valence-electron chi connectivity index (χ0n) is 16.9. The molecule has 148 valence electrons. The third kappa shape index (κ3) is 7.21. The van der Waals surface area contributed by atoms with E-state index in [0.29, 0.717) is 18.0 Å². The molecule has 5 nitrogen and oxygen atoms in total. The van der Waals surface area contributed by atoms with Crippen LogP contribution in [0.25, 0.3) is 0 Å². The molecule has 0 radical (unpaired) electrons. The minimum absolute atomic E-state index is 0. The third-order valence-electron chi connectivity index (χ3n) is 5.77. The molecule has 2 aliphatic heterocycles. The maximum Gasteiger partial charge on any atom is 0.191 e. The number of nitrogens with zero attached hydrogens (tertiary/aromatic N) is 3. The summed E-state index contributed by atoms with van der Waals surface area (Å²) in [7, 11) is 1.88. The molecule has 6 heteroatoms. The first-order valence-corrected chi connectivity index (χ1v) is 9.96. The molecule has 2 rings (SSSR count). The highest BCUT2D eigenvalue weighted by Crippen LogP contribution is 2.18. The summed E-state index contributed by atoms with van der Waals surface area (Å²) in [6.45, 7) is 15.0. The lowest BCUT2D eigenvalue weighted by molar-refractivity contribution is 0.159. The fourth-order valence-corrected chi connectivity index (χ4v) is 3.96. The van der Waals surface area contributed by atoms with Crippen molar-refractivity contribution in [3.63, 3.8) is 0 Å². The van der Waals surface area contributed by atoms with Gasteiger partial charge in [-0.3, -0.25) is 9.89 Å². The standard InChI is InChI=1S/C19H39N5.HI/c1-15(2)24-13-16(3)18(14-24)22-19(20-5)21-10-8-12-23-11-7-6-9-17(23)4;/h15-18H,6-14H2,1-5H3,(H2,20,21,22);1H. The normalized spacial score (nSPS) is 28.9. The van der Waals surface area contributed by atoms with E-state index in [4.69, 9.17) is 0 Å². The number of guanidine groups is 1. The Morgan fingerprint density at radius 2 is 1.96 bits per heavy atom. The molecule has 0 aromatic rings. The molecule has 0 spiro atoms. The van der Waals surface area contributed by atoms with Crippen molar-refractivity contribution in [1.82, 2.24) is 20.4 Å². The predicted octanol–water partition coefficient (Wildman–Crippen LogP) is 2.76. The van der Waals surface area contributed by atoms with Crippen LogP contribution in [-0.4, -0.2) is 73.7 Å². The molecule has 0 aromatic heterocycles. The zero-order valence-corrected chi connectivity index (χ0v) is 19.3. The topological polar surface area (TPSA) is 42.9 Å². The van der Waals surface area contributed by atoms with E-state index in [9.17, 15) is 0 Å². The van der Waals surface area contributed by atoms with Crippen LogP contribution in [0.4, 0.5) is 0 Å². The average molecular weight is 465 g/mol. The van der Waals surface area contributed by atoms with Gasteiger partial charge in [0.2, 0.25) is 0 Å². The second kappa shape index (κ2) is 11.6. The van der Waals surface area contributed by atoms with Gasteiger partial charge >= 0.3 is 0 Å². The number of hydrogen-bond acceptors (Lipinski definition) is 3. The highest BCUT2D eigenvalue weighted by atomic mass is 127. The molecular weight excluding hydrogens is 425 g/mol. The van der Waals surface area contributed by atoms with Crippen molar-refractivity contribution in [2.24, 2.45) is 10.9 Å². The average Bonchev–Trinajstić information content (AvgIpc) is 2.93. The van der Waals surface area contributed by atoms with Gasteiger partial charge in [-0.1, -0.05) is 13.3 Å². The summed E-state index contributed by atoms with van der Waals surface area (Å²) in [4.78, 5) is 9.61. The molecule has 0 aliphatic carbocycles. The molecular formula is C19H40IN5. The second-order valence-electron chi connectivity index (χ2n) is 8.01.